The molecule has 0 spiro atoms. The van der Waals surface area contributed by atoms with Crippen LogP contribution in [0.3, 0.4) is 0 Å². The number of amides is 2. The summed E-state index contributed by atoms with van der Waals surface area (Å²) in [7, 11) is 1.47. The van der Waals surface area contributed by atoms with E-state index >= 15 is 0 Å². The molecule has 7 nitrogen and oxygen atoms in total. The number of imide groups is 1. The fraction of sp³-hybridized carbons (Fsp3) is 0.600. The molecule has 1 aliphatic carbocycles. The zero-order chi connectivity index (χ0) is 19.7. The number of phenolic OH excluding ortho intramolecular Hbond substituents is 1. The monoisotopic (exact) mass is 375 g/mol. The molecule has 1 aromatic carbocycles. The molecule has 1 aromatic rings. The lowest BCUT2D eigenvalue weighted by molar-refractivity contribution is -0.274. The van der Waals surface area contributed by atoms with Crippen molar-refractivity contribution in [2.45, 2.75) is 38.6 Å². The summed E-state index contributed by atoms with van der Waals surface area (Å²) in [5.74, 6) is -4.29. The number of hydrogen-bond donors (Lipinski definition) is 3. The van der Waals surface area contributed by atoms with Gasteiger partial charge in [0.15, 0.2) is 5.79 Å². The Bertz CT molecular complexity index is 800. The van der Waals surface area contributed by atoms with E-state index in [4.69, 9.17) is 4.74 Å². The number of rotatable bonds is 2. The van der Waals surface area contributed by atoms with Gasteiger partial charge in [0.2, 0.25) is 11.8 Å². The Morgan fingerprint density at radius 1 is 1.19 bits per heavy atom. The third-order valence-electron chi connectivity index (χ3n) is 6.69. The number of aryl methyl sites for hydroxylation is 2. The number of benzene rings is 1. The van der Waals surface area contributed by atoms with Crippen molar-refractivity contribution in [2.24, 2.45) is 23.7 Å². The van der Waals surface area contributed by atoms with Gasteiger partial charge in [-0.2, -0.15) is 0 Å². The molecule has 27 heavy (non-hydrogen) atoms. The lowest BCUT2D eigenvalue weighted by Gasteiger charge is -2.44. The second kappa shape index (κ2) is 6.02. The molecule has 3 N–H and O–H groups in total. The molecule has 0 radical (unpaired) electrons. The quantitative estimate of drug-likeness (QED) is 0.666. The first-order valence-electron chi connectivity index (χ1n) is 9.31. The molecule has 2 amide bonds. The molecular formula is C20H25NO6. The first-order valence-corrected chi connectivity index (χ1v) is 9.31. The van der Waals surface area contributed by atoms with Gasteiger partial charge < -0.3 is 20.1 Å². The SMILES string of the molecule is Cc1cc([C@@H]2C[C@H]3[C@H]4C(=O)N(C)C(=O)[C@H]4C[C@H](CO)[C@@]3(O)O2)cc(C)c1O. The zero-order valence-corrected chi connectivity index (χ0v) is 15.7. The second-order valence-corrected chi connectivity index (χ2v) is 8.19. The Morgan fingerprint density at radius 2 is 1.81 bits per heavy atom. The number of hydrogen-bond acceptors (Lipinski definition) is 6. The van der Waals surface area contributed by atoms with E-state index in [0.717, 1.165) is 10.5 Å². The Hall–Kier alpha value is -1.96. The van der Waals surface area contributed by atoms with Crippen LogP contribution in [0, 0.1) is 37.5 Å². The minimum Gasteiger partial charge on any atom is -0.507 e. The molecule has 2 heterocycles. The number of fused-ring (bicyclic) bond motifs is 3. The molecule has 6 atom stereocenters. The first kappa shape index (κ1) is 18.4. The summed E-state index contributed by atoms with van der Waals surface area (Å²) < 4.78 is 6.05. The number of ether oxygens (including phenoxy) is 1. The zero-order valence-electron chi connectivity index (χ0n) is 15.7. The van der Waals surface area contributed by atoms with Gasteiger partial charge in [0.1, 0.15) is 5.75 Å². The van der Waals surface area contributed by atoms with Gasteiger partial charge in [0, 0.05) is 18.9 Å². The van der Waals surface area contributed by atoms with Gasteiger partial charge >= 0.3 is 0 Å². The number of aliphatic hydroxyl groups is 2. The molecule has 3 aliphatic rings. The van der Waals surface area contributed by atoms with Gasteiger partial charge in [0.05, 0.1) is 24.5 Å². The van der Waals surface area contributed by atoms with Crippen LogP contribution >= 0.6 is 0 Å². The molecule has 1 saturated carbocycles. The lowest BCUT2D eigenvalue weighted by atomic mass is 9.64. The van der Waals surface area contributed by atoms with Crippen LogP contribution in [-0.2, 0) is 14.3 Å². The van der Waals surface area contributed by atoms with E-state index in [1.165, 1.54) is 7.05 Å². The number of aliphatic hydroxyl groups excluding tert-OH is 1. The number of nitrogens with zero attached hydrogens (tertiary/aromatic N) is 1. The van der Waals surface area contributed by atoms with Crippen LogP contribution in [0.4, 0.5) is 0 Å². The highest BCUT2D eigenvalue weighted by molar-refractivity contribution is 6.05. The van der Waals surface area contributed by atoms with Gasteiger partial charge in [-0.05, 0) is 55.5 Å². The molecule has 4 rings (SSSR count). The van der Waals surface area contributed by atoms with Crippen molar-refractivity contribution in [3.8, 4) is 5.75 Å². The average molecular weight is 375 g/mol. The summed E-state index contributed by atoms with van der Waals surface area (Å²) in [6.07, 6.45) is 0.133. The predicted molar refractivity (Wildman–Crippen MR) is 94.4 cm³/mol. The van der Waals surface area contributed by atoms with Crippen LogP contribution in [0.1, 0.15) is 35.6 Å². The lowest BCUT2D eigenvalue weighted by Crippen LogP contribution is -2.54. The maximum absolute atomic E-state index is 12.7. The van der Waals surface area contributed by atoms with E-state index in [2.05, 4.69) is 0 Å². The molecule has 2 aliphatic heterocycles. The number of carbonyl (C=O) groups is 2. The smallest absolute Gasteiger partial charge is 0.233 e. The van der Waals surface area contributed by atoms with Gasteiger partial charge in [0.25, 0.3) is 0 Å². The topological polar surface area (TPSA) is 107 Å². The van der Waals surface area contributed by atoms with Gasteiger partial charge in [-0.3, -0.25) is 14.5 Å². The van der Waals surface area contributed by atoms with Crippen molar-refractivity contribution in [3.63, 3.8) is 0 Å². The Kier molecular flexibility index (Phi) is 4.10. The molecule has 3 fully saturated rings. The van der Waals surface area contributed by atoms with Crippen LogP contribution in [0.5, 0.6) is 5.75 Å². The summed E-state index contributed by atoms with van der Waals surface area (Å²) in [5.41, 5.74) is 2.22. The van der Waals surface area contributed by atoms with Crippen LogP contribution in [0.15, 0.2) is 12.1 Å². The summed E-state index contributed by atoms with van der Waals surface area (Å²) in [4.78, 5) is 26.3. The highest BCUT2D eigenvalue weighted by Crippen LogP contribution is 2.58. The van der Waals surface area contributed by atoms with Crippen molar-refractivity contribution in [3.05, 3.63) is 28.8 Å². The van der Waals surface area contributed by atoms with E-state index in [0.29, 0.717) is 17.5 Å². The van der Waals surface area contributed by atoms with Gasteiger partial charge in [-0.25, -0.2) is 0 Å². The second-order valence-electron chi connectivity index (χ2n) is 8.19. The van der Waals surface area contributed by atoms with Crippen molar-refractivity contribution in [2.75, 3.05) is 13.7 Å². The van der Waals surface area contributed by atoms with E-state index in [1.54, 1.807) is 13.8 Å². The minimum absolute atomic E-state index is 0.222. The number of phenols is 1. The third kappa shape index (κ3) is 2.45. The minimum atomic E-state index is -1.65. The van der Waals surface area contributed by atoms with E-state index in [-0.39, 0.29) is 30.6 Å². The predicted octanol–water partition coefficient (Wildman–Crippen LogP) is 1.02. The van der Waals surface area contributed by atoms with Crippen LogP contribution < -0.4 is 0 Å². The third-order valence-corrected chi connectivity index (χ3v) is 6.69. The van der Waals surface area contributed by atoms with E-state index in [9.17, 15) is 24.9 Å². The molecule has 146 valence electrons. The van der Waals surface area contributed by atoms with Crippen molar-refractivity contribution in [1.29, 1.82) is 0 Å². The largest absolute Gasteiger partial charge is 0.507 e. The fourth-order valence-corrected chi connectivity index (χ4v) is 5.23. The number of carbonyl (C=O) groups excluding carboxylic acids is 2. The molecule has 0 unspecified atom stereocenters. The summed E-state index contributed by atoms with van der Waals surface area (Å²) in [6.45, 7) is 3.27. The number of likely N-dealkylation sites (tertiary alicyclic amines) is 1. The van der Waals surface area contributed by atoms with Crippen LogP contribution in [0.2, 0.25) is 0 Å². The fourth-order valence-electron chi connectivity index (χ4n) is 5.23. The Balaban J connectivity index is 1.73. The molecule has 0 aromatic heterocycles. The molecule has 7 heteroatoms. The van der Waals surface area contributed by atoms with Crippen molar-refractivity contribution < 1.29 is 29.6 Å². The average Bonchev–Trinajstić information content (AvgIpc) is 3.09. The molecular weight excluding hydrogens is 350 g/mol. The van der Waals surface area contributed by atoms with Crippen LogP contribution in [0.25, 0.3) is 0 Å². The highest BCUT2D eigenvalue weighted by Gasteiger charge is 2.66. The molecule has 2 saturated heterocycles. The summed E-state index contributed by atoms with van der Waals surface area (Å²) in [6, 6.07) is 3.62. The molecule has 0 bridgehead atoms. The van der Waals surface area contributed by atoms with Gasteiger partial charge in [-0.15, -0.1) is 0 Å². The normalized spacial score (nSPS) is 38.3. The van der Waals surface area contributed by atoms with E-state index < -0.39 is 35.6 Å². The highest BCUT2D eigenvalue weighted by atomic mass is 16.6. The Labute approximate surface area is 157 Å². The van der Waals surface area contributed by atoms with E-state index in [1.807, 2.05) is 12.1 Å². The van der Waals surface area contributed by atoms with Crippen LogP contribution in [-0.4, -0.2) is 51.5 Å². The summed E-state index contributed by atoms with van der Waals surface area (Å²) in [5, 5.41) is 31.2. The maximum atomic E-state index is 12.7. The summed E-state index contributed by atoms with van der Waals surface area (Å²) >= 11 is 0. The first-order chi connectivity index (χ1) is 12.7. The number of aromatic hydroxyl groups is 1. The standard InChI is InChI=1S/C20H25NO6/c1-9-4-11(5-10(2)17(9)23)15-7-14-16-13(18(24)21(3)19(16)25)6-12(8-22)20(14,26)27-15/h4-5,12-16,22-23,26H,6-8H2,1-3H3/t12-,13+,14+,15+,16+,20-/m1/s1. The maximum Gasteiger partial charge on any atom is 0.233 e. The van der Waals surface area contributed by atoms with Crippen molar-refractivity contribution >= 4 is 11.8 Å². The Morgan fingerprint density at radius 3 is 2.41 bits per heavy atom. The van der Waals surface area contributed by atoms with Gasteiger partial charge in [-0.1, -0.05) is 0 Å². The van der Waals surface area contributed by atoms with Crippen molar-refractivity contribution in [1.82, 2.24) is 4.90 Å².